The summed E-state index contributed by atoms with van der Waals surface area (Å²) in [5, 5.41) is 11.9. The topological polar surface area (TPSA) is 84.3 Å². The van der Waals surface area contributed by atoms with Crippen molar-refractivity contribution >= 4 is 11.6 Å². The van der Waals surface area contributed by atoms with Gasteiger partial charge in [0.1, 0.15) is 11.4 Å². The predicted molar refractivity (Wildman–Crippen MR) is 83.0 cm³/mol. The predicted octanol–water partition coefficient (Wildman–Crippen LogP) is 2.50. The minimum atomic E-state index is -0.309. The lowest BCUT2D eigenvalue weighted by atomic mass is 9.92. The summed E-state index contributed by atoms with van der Waals surface area (Å²) in [5.41, 5.74) is 1.06. The lowest BCUT2D eigenvalue weighted by Crippen LogP contribution is -2.23. The summed E-state index contributed by atoms with van der Waals surface area (Å²) in [4.78, 5) is 20.3. The summed E-state index contributed by atoms with van der Waals surface area (Å²) in [5.74, 6) is 0.190. The molecule has 0 unspecified atom stereocenters. The van der Waals surface area contributed by atoms with Crippen LogP contribution in [0, 0.1) is 0 Å². The zero-order chi connectivity index (χ0) is 16.2. The number of carbonyl (C=O) groups is 1. The summed E-state index contributed by atoms with van der Waals surface area (Å²) in [6, 6.07) is 6.21. The average Bonchev–Trinajstić information content (AvgIpc) is 2.47. The summed E-state index contributed by atoms with van der Waals surface area (Å²) in [6.07, 6.45) is 3.13. The summed E-state index contributed by atoms with van der Waals surface area (Å²) in [6.45, 7) is 5.84. The Morgan fingerprint density at radius 3 is 2.45 bits per heavy atom. The largest absolute Gasteiger partial charge is 0.508 e. The van der Waals surface area contributed by atoms with Crippen LogP contribution in [0.3, 0.4) is 0 Å². The van der Waals surface area contributed by atoms with E-state index in [4.69, 9.17) is 4.74 Å². The highest BCUT2D eigenvalue weighted by Crippen LogP contribution is 2.26. The maximum Gasteiger partial charge on any atom is 0.262 e. The van der Waals surface area contributed by atoms with Crippen molar-refractivity contribution < 1.29 is 14.6 Å². The molecule has 1 aromatic heterocycles. The molecule has 0 bridgehead atoms. The van der Waals surface area contributed by atoms with Crippen molar-refractivity contribution in [1.29, 1.82) is 0 Å². The monoisotopic (exact) mass is 301 g/mol. The number of aromatic nitrogens is 2. The molecule has 0 atom stereocenters. The lowest BCUT2D eigenvalue weighted by molar-refractivity contribution is -0.118. The summed E-state index contributed by atoms with van der Waals surface area (Å²) >= 11 is 0. The summed E-state index contributed by atoms with van der Waals surface area (Å²) in [7, 11) is 0. The third kappa shape index (κ3) is 4.18. The van der Waals surface area contributed by atoms with Crippen molar-refractivity contribution in [2.24, 2.45) is 0 Å². The fraction of sp³-hybridized carbons (Fsp3) is 0.312. The van der Waals surface area contributed by atoms with E-state index in [1.54, 1.807) is 18.3 Å². The third-order valence-corrected chi connectivity index (χ3v) is 2.87. The molecule has 2 N–H and O–H groups in total. The second-order valence-corrected chi connectivity index (χ2v) is 5.84. The zero-order valence-corrected chi connectivity index (χ0v) is 12.8. The van der Waals surface area contributed by atoms with Crippen molar-refractivity contribution in [2.45, 2.75) is 26.2 Å². The highest BCUT2D eigenvalue weighted by molar-refractivity contribution is 5.91. The van der Waals surface area contributed by atoms with E-state index in [1.165, 1.54) is 18.3 Å². The molecule has 2 aromatic rings. The van der Waals surface area contributed by atoms with Crippen LogP contribution in [0.25, 0.3) is 0 Å². The van der Waals surface area contributed by atoms with Gasteiger partial charge in [0.15, 0.2) is 6.61 Å². The number of aromatic hydroxyl groups is 1. The number of carbonyl (C=O) groups excluding carboxylic acids is 1. The number of rotatable bonds is 4. The highest BCUT2D eigenvalue weighted by Gasteiger charge is 2.22. The average molecular weight is 301 g/mol. The van der Waals surface area contributed by atoms with Crippen LogP contribution in [0.4, 0.5) is 5.69 Å². The quantitative estimate of drug-likeness (QED) is 0.848. The second kappa shape index (κ2) is 6.43. The number of hydrogen-bond donors (Lipinski definition) is 2. The lowest BCUT2D eigenvalue weighted by Gasteiger charge is -2.19. The number of nitrogens with zero attached hydrogens (tertiary/aromatic N) is 2. The zero-order valence-electron chi connectivity index (χ0n) is 12.8. The van der Waals surface area contributed by atoms with Gasteiger partial charge in [0.2, 0.25) is 5.88 Å². The Morgan fingerprint density at radius 1 is 1.18 bits per heavy atom. The van der Waals surface area contributed by atoms with Gasteiger partial charge in [0, 0.05) is 23.5 Å². The first-order valence-electron chi connectivity index (χ1n) is 6.89. The number of phenolic OH excluding ortho intramolecular Hbond substituents is 1. The fourth-order valence-electron chi connectivity index (χ4n) is 1.82. The Morgan fingerprint density at radius 2 is 1.82 bits per heavy atom. The highest BCUT2D eigenvalue weighted by atomic mass is 16.5. The molecular formula is C16H19N3O3. The Bertz CT molecular complexity index is 648. The maximum absolute atomic E-state index is 11.9. The van der Waals surface area contributed by atoms with Crippen LogP contribution in [-0.2, 0) is 10.2 Å². The van der Waals surface area contributed by atoms with E-state index in [1.807, 2.05) is 20.8 Å². The minimum Gasteiger partial charge on any atom is -0.508 e. The van der Waals surface area contributed by atoms with Gasteiger partial charge < -0.3 is 15.2 Å². The standard InChI is InChI=1S/C16H19N3O3/c1-16(2,3)14-15(18-9-8-17-14)22-10-13(21)19-11-4-6-12(20)7-5-11/h4-9,20H,10H2,1-3H3,(H,19,21). The normalized spacial score (nSPS) is 11.0. The van der Waals surface area contributed by atoms with E-state index >= 15 is 0 Å². The Balaban J connectivity index is 1.98. The van der Waals surface area contributed by atoms with Crippen LogP contribution < -0.4 is 10.1 Å². The van der Waals surface area contributed by atoms with E-state index in [-0.39, 0.29) is 23.7 Å². The molecule has 1 amide bonds. The van der Waals surface area contributed by atoms with Gasteiger partial charge >= 0.3 is 0 Å². The molecule has 0 spiro atoms. The van der Waals surface area contributed by atoms with Crippen molar-refractivity contribution in [1.82, 2.24) is 9.97 Å². The number of amides is 1. The van der Waals surface area contributed by atoms with Gasteiger partial charge in [-0.25, -0.2) is 4.98 Å². The number of hydrogen-bond acceptors (Lipinski definition) is 5. The number of anilines is 1. The first-order valence-corrected chi connectivity index (χ1v) is 6.89. The molecule has 22 heavy (non-hydrogen) atoms. The fourth-order valence-corrected chi connectivity index (χ4v) is 1.82. The van der Waals surface area contributed by atoms with Gasteiger partial charge in [-0.05, 0) is 24.3 Å². The van der Waals surface area contributed by atoms with Gasteiger partial charge in [-0.1, -0.05) is 20.8 Å². The molecule has 6 heteroatoms. The molecular weight excluding hydrogens is 282 g/mol. The third-order valence-electron chi connectivity index (χ3n) is 2.87. The smallest absolute Gasteiger partial charge is 0.262 e. The van der Waals surface area contributed by atoms with Crippen LogP contribution in [-0.4, -0.2) is 27.6 Å². The van der Waals surface area contributed by atoms with Crippen LogP contribution in [0.15, 0.2) is 36.7 Å². The first kappa shape index (κ1) is 15.8. The second-order valence-electron chi connectivity index (χ2n) is 5.84. The minimum absolute atomic E-state index is 0.142. The van der Waals surface area contributed by atoms with Gasteiger partial charge in [0.05, 0.1) is 0 Å². The molecule has 0 aliphatic heterocycles. The SMILES string of the molecule is CC(C)(C)c1nccnc1OCC(=O)Nc1ccc(O)cc1. The van der Waals surface area contributed by atoms with E-state index in [0.29, 0.717) is 17.3 Å². The van der Waals surface area contributed by atoms with Gasteiger partial charge in [-0.2, -0.15) is 0 Å². The molecule has 0 aliphatic carbocycles. The number of phenols is 1. The Labute approximate surface area is 129 Å². The number of benzene rings is 1. The molecule has 2 rings (SSSR count). The van der Waals surface area contributed by atoms with E-state index in [9.17, 15) is 9.90 Å². The van der Waals surface area contributed by atoms with Crippen molar-refractivity contribution in [3.63, 3.8) is 0 Å². The van der Waals surface area contributed by atoms with Crippen molar-refractivity contribution in [3.05, 3.63) is 42.4 Å². The van der Waals surface area contributed by atoms with Crippen molar-refractivity contribution in [2.75, 3.05) is 11.9 Å². The van der Waals surface area contributed by atoms with Crippen LogP contribution in [0.1, 0.15) is 26.5 Å². The molecule has 6 nitrogen and oxygen atoms in total. The van der Waals surface area contributed by atoms with Crippen LogP contribution in [0.2, 0.25) is 0 Å². The summed E-state index contributed by atoms with van der Waals surface area (Å²) < 4.78 is 5.49. The van der Waals surface area contributed by atoms with Gasteiger partial charge in [0.25, 0.3) is 5.91 Å². The number of ether oxygens (including phenoxy) is 1. The molecule has 0 saturated heterocycles. The van der Waals surface area contributed by atoms with E-state index in [0.717, 1.165) is 0 Å². The van der Waals surface area contributed by atoms with E-state index < -0.39 is 0 Å². The van der Waals surface area contributed by atoms with Crippen LogP contribution in [0.5, 0.6) is 11.6 Å². The molecule has 1 aromatic carbocycles. The maximum atomic E-state index is 11.9. The van der Waals surface area contributed by atoms with Crippen molar-refractivity contribution in [3.8, 4) is 11.6 Å². The number of nitrogens with one attached hydrogen (secondary N) is 1. The molecule has 1 heterocycles. The van der Waals surface area contributed by atoms with Gasteiger partial charge in [-0.3, -0.25) is 9.78 Å². The Kier molecular flexibility index (Phi) is 4.60. The van der Waals surface area contributed by atoms with Crippen LogP contribution >= 0.6 is 0 Å². The molecule has 116 valence electrons. The molecule has 0 saturated carbocycles. The first-order chi connectivity index (χ1) is 10.4. The molecule has 0 radical (unpaired) electrons. The van der Waals surface area contributed by atoms with E-state index in [2.05, 4.69) is 15.3 Å². The Hall–Kier alpha value is -2.63. The van der Waals surface area contributed by atoms with Gasteiger partial charge in [-0.15, -0.1) is 0 Å². The molecule has 0 aliphatic rings. The molecule has 0 fully saturated rings.